The zero-order valence-corrected chi connectivity index (χ0v) is 19.2. The Balaban J connectivity index is 1.22. The summed E-state index contributed by atoms with van der Waals surface area (Å²) < 4.78 is 0.971. The predicted octanol–water partition coefficient (Wildman–Crippen LogP) is 4.82. The number of carbonyl (C=O) groups excluding carboxylic acids is 3. The van der Waals surface area contributed by atoms with Crippen LogP contribution in [-0.2, 0) is 16.0 Å². The zero-order valence-electron chi connectivity index (χ0n) is 17.6. The van der Waals surface area contributed by atoms with Crippen molar-refractivity contribution in [3.63, 3.8) is 0 Å². The van der Waals surface area contributed by atoms with Crippen molar-refractivity contribution in [3.8, 4) is 0 Å². The minimum absolute atomic E-state index is 0.0793. The summed E-state index contributed by atoms with van der Waals surface area (Å²) in [6.07, 6.45) is 6.30. The molecule has 1 aliphatic heterocycles. The maximum atomic E-state index is 13.3. The van der Waals surface area contributed by atoms with E-state index in [0.717, 1.165) is 28.6 Å². The van der Waals surface area contributed by atoms with Crippen LogP contribution in [0.5, 0.6) is 0 Å². The maximum absolute atomic E-state index is 13.3. The topological polar surface area (TPSA) is 66.5 Å². The molecule has 1 heterocycles. The van der Waals surface area contributed by atoms with E-state index in [1.165, 1.54) is 4.90 Å². The molecule has 5 nitrogen and oxygen atoms in total. The summed E-state index contributed by atoms with van der Waals surface area (Å²) in [4.78, 5) is 40.7. The van der Waals surface area contributed by atoms with Crippen LogP contribution in [0, 0.1) is 35.5 Å². The van der Waals surface area contributed by atoms with Gasteiger partial charge in [-0.05, 0) is 84.5 Å². The first-order valence-corrected chi connectivity index (χ1v) is 12.0. The van der Waals surface area contributed by atoms with Gasteiger partial charge in [-0.1, -0.05) is 35.0 Å². The van der Waals surface area contributed by atoms with Crippen LogP contribution in [0.4, 0.5) is 11.4 Å². The molecule has 2 aromatic carbocycles. The van der Waals surface area contributed by atoms with E-state index >= 15 is 0 Å². The van der Waals surface area contributed by atoms with E-state index in [-0.39, 0.29) is 41.4 Å². The largest absolute Gasteiger partial charge is 0.322 e. The van der Waals surface area contributed by atoms with Crippen molar-refractivity contribution in [2.45, 2.75) is 19.8 Å². The standard InChI is InChI=1S/C26H23BrN2O3/c1-2-13-11-15(27)5-10-21(13)28-24(30)14-3-6-16(7-4-14)29-25(31)22-17-8-9-18(20-12-19(17)20)23(22)26(29)32/h3-11,17-20,22-23H,2,12H2,1H3,(H,28,30)/t17-,18-,19-,20+,22-,23+/m0/s1. The lowest BCUT2D eigenvalue weighted by Gasteiger charge is -2.37. The average Bonchev–Trinajstić information content (AvgIpc) is 3.58. The van der Waals surface area contributed by atoms with Gasteiger partial charge in [0.15, 0.2) is 0 Å². The van der Waals surface area contributed by atoms with Crippen LogP contribution in [0.15, 0.2) is 59.1 Å². The SMILES string of the molecule is CCc1cc(Br)ccc1NC(=O)c1ccc(N2C(=O)[C@@H]3[C@H]4C=C[C@@H]([C@@H]5C[C@H]45)[C@@H]3C2=O)cc1. The molecule has 2 bridgehead atoms. The summed E-state index contributed by atoms with van der Waals surface area (Å²) in [6.45, 7) is 2.04. The first-order chi connectivity index (χ1) is 15.5. The summed E-state index contributed by atoms with van der Waals surface area (Å²) >= 11 is 3.46. The van der Waals surface area contributed by atoms with Gasteiger partial charge in [0.25, 0.3) is 5.91 Å². The first kappa shape index (κ1) is 19.9. The first-order valence-electron chi connectivity index (χ1n) is 11.2. The summed E-state index contributed by atoms with van der Waals surface area (Å²) in [5.41, 5.74) is 2.86. The van der Waals surface area contributed by atoms with Crippen LogP contribution in [0.25, 0.3) is 0 Å². The molecule has 2 aromatic rings. The van der Waals surface area contributed by atoms with Gasteiger partial charge in [0.1, 0.15) is 0 Å². The van der Waals surface area contributed by atoms with Crippen LogP contribution >= 0.6 is 15.9 Å². The number of allylic oxidation sites excluding steroid dienone is 2. The van der Waals surface area contributed by atoms with Crippen molar-refractivity contribution < 1.29 is 14.4 Å². The van der Waals surface area contributed by atoms with Crippen molar-refractivity contribution in [2.24, 2.45) is 35.5 Å². The molecule has 0 radical (unpaired) electrons. The van der Waals surface area contributed by atoms with E-state index in [4.69, 9.17) is 0 Å². The molecule has 162 valence electrons. The van der Waals surface area contributed by atoms with Crippen molar-refractivity contribution >= 4 is 45.0 Å². The predicted molar refractivity (Wildman–Crippen MR) is 125 cm³/mol. The lowest BCUT2D eigenvalue weighted by molar-refractivity contribution is -0.124. The van der Waals surface area contributed by atoms with Gasteiger partial charge in [0, 0.05) is 15.7 Å². The minimum atomic E-state index is -0.219. The number of aryl methyl sites for hydroxylation is 1. The maximum Gasteiger partial charge on any atom is 0.255 e. The molecule has 4 aliphatic carbocycles. The lowest BCUT2D eigenvalue weighted by Crippen LogP contribution is -2.40. The summed E-state index contributed by atoms with van der Waals surface area (Å²) in [5, 5.41) is 2.97. The number of nitrogens with one attached hydrogen (secondary N) is 1. The normalized spacial score (nSPS) is 31.5. The molecule has 32 heavy (non-hydrogen) atoms. The molecule has 5 aliphatic rings. The highest BCUT2D eigenvalue weighted by Gasteiger charge is 2.67. The fourth-order valence-electron chi connectivity index (χ4n) is 6.14. The third-order valence-corrected chi connectivity index (χ3v) is 8.24. The Hall–Kier alpha value is -2.73. The number of benzene rings is 2. The minimum Gasteiger partial charge on any atom is -0.322 e. The Labute approximate surface area is 195 Å². The number of halogens is 1. The van der Waals surface area contributed by atoms with Gasteiger partial charge in [-0.2, -0.15) is 0 Å². The molecule has 3 amide bonds. The average molecular weight is 491 g/mol. The quantitative estimate of drug-likeness (QED) is 0.493. The number of anilines is 2. The van der Waals surface area contributed by atoms with E-state index in [9.17, 15) is 14.4 Å². The lowest BCUT2D eigenvalue weighted by atomic mass is 9.63. The Morgan fingerprint density at radius 2 is 1.62 bits per heavy atom. The molecule has 0 aromatic heterocycles. The number of nitrogens with zero attached hydrogens (tertiary/aromatic N) is 1. The summed E-state index contributed by atoms with van der Waals surface area (Å²) in [5.74, 6) is 0.780. The van der Waals surface area contributed by atoms with Crippen LogP contribution in [0.3, 0.4) is 0 Å². The molecule has 0 unspecified atom stereocenters. The molecule has 1 N–H and O–H groups in total. The van der Waals surface area contributed by atoms with E-state index in [1.807, 2.05) is 25.1 Å². The Morgan fingerprint density at radius 1 is 1.00 bits per heavy atom. The molecule has 0 spiro atoms. The second-order valence-corrected chi connectivity index (χ2v) is 10.2. The van der Waals surface area contributed by atoms with Gasteiger partial charge < -0.3 is 5.32 Å². The van der Waals surface area contributed by atoms with Gasteiger partial charge in [0.05, 0.1) is 17.5 Å². The fourth-order valence-corrected chi connectivity index (χ4v) is 6.55. The second-order valence-electron chi connectivity index (χ2n) is 9.32. The van der Waals surface area contributed by atoms with E-state index in [1.54, 1.807) is 24.3 Å². The molecule has 6 heteroatoms. The smallest absolute Gasteiger partial charge is 0.255 e. The number of hydrogen-bond donors (Lipinski definition) is 1. The van der Waals surface area contributed by atoms with Crippen molar-refractivity contribution in [1.82, 2.24) is 0 Å². The van der Waals surface area contributed by atoms with Gasteiger partial charge in [-0.3, -0.25) is 19.3 Å². The number of rotatable bonds is 4. The van der Waals surface area contributed by atoms with Crippen molar-refractivity contribution in [3.05, 3.63) is 70.2 Å². The molecule has 2 saturated carbocycles. The highest BCUT2D eigenvalue weighted by atomic mass is 79.9. The molecule has 3 fully saturated rings. The third kappa shape index (κ3) is 2.85. The number of carbonyl (C=O) groups is 3. The fraction of sp³-hybridized carbons (Fsp3) is 0.346. The molecule has 1 saturated heterocycles. The van der Waals surface area contributed by atoms with Crippen LogP contribution in [0.1, 0.15) is 29.3 Å². The monoisotopic (exact) mass is 490 g/mol. The second kappa shape index (κ2) is 7.14. The molecule has 6 atom stereocenters. The Bertz CT molecular complexity index is 1150. The van der Waals surface area contributed by atoms with E-state index in [2.05, 4.69) is 33.4 Å². The summed E-state index contributed by atoms with van der Waals surface area (Å²) in [6, 6.07) is 12.6. The summed E-state index contributed by atoms with van der Waals surface area (Å²) in [7, 11) is 0. The van der Waals surface area contributed by atoms with Gasteiger partial charge in [-0.25, -0.2) is 0 Å². The highest BCUT2D eigenvalue weighted by Crippen LogP contribution is 2.65. The van der Waals surface area contributed by atoms with Crippen LogP contribution in [0.2, 0.25) is 0 Å². The molecular weight excluding hydrogens is 468 g/mol. The van der Waals surface area contributed by atoms with E-state index in [0.29, 0.717) is 23.1 Å². The van der Waals surface area contributed by atoms with E-state index < -0.39 is 0 Å². The number of amides is 3. The highest BCUT2D eigenvalue weighted by molar-refractivity contribution is 9.10. The number of hydrogen-bond acceptors (Lipinski definition) is 3. The van der Waals surface area contributed by atoms with Crippen LogP contribution in [-0.4, -0.2) is 17.7 Å². The van der Waals surface area contributed by atoms with Gasteiger partial charge in [0.2, 0.25) is 11.8 Å². The van der Waals surface area contributed by atoms with Crippen molar-refractivity contribution in [1.29, 1.82) is 0 Å². The number of imide groups is 1. The Kier molecular flexibility index (Phi) is 4.44. The van der Waals surface area contributed by atoms with Gasteiger partial charge >= 0.3 is 0 Å². The zero-order chi connectivity index (χ0) is 22.1. The Morgan fingerprint density at radius 3 is 2.22 bits per heavy atom. The molecular formula is C26H23BrN2O3. The van der Waals surface area contributed by atoms with Crippen LogP contribution < -0.4 is 10.2 Å². The van der Waals surface area contributed by atoms with Crippen molar-refractivity contribution in [2.75, 3.05) is 10.2 Å². The third-order valence-electron chi connectivity index (χ3n) is 7.75. The van der Waals surface area contributed by atoms with Gasteiger partial charge in [-0.15, -0.1) is 0 Å². The molecule has 7 rings (SSSR count).